The summed E-state index contributed by atoms with van der Waals surface area (Å²) in [6.07, 6.45) is 0.854. The van der Waals surface area contributed by atoms with Gasteiger partial charge in [-0.05, 0) is 19.3 Å². The van der Waals surface area contributed by atoms with E-state index in [9.17, 15) is 5.11 Å². The third kappa shape index (κ3) is 1.91. The van der Waals surface area contributed by atoms with E-state index in [2.05, 4.69) is 22.2 Å². The summed E-state index contributed by atoms with van der Waals surface area (Å²) >= 11 is 1.66. The van der Waals surface area contributed by atoms with Crippen LogP contribution in [-0.4, -0.2) is 29.3 Å². The first-order chi connectivity index (χ1) is 6.66. The first kappa shape index (κ1) is 9.93. The molecule has 0 bridgehead atoms. The molecule has 3 nitrogen and oxygen atoms in total. The summed E-state index contributed by atoms with van der Waals surface area (Å²) in [6, 6.07) is 0. The maximum absolute atomic E-state index is 9.75. The lowest BCUT2D eigenvalue weighted by atomic mass is 9.96. The smallest absolute Gasteiger partial charge is 0.185 e. The van der Waals surface area contributed by atoms with Crippen molar-refractivity contribution in [3.8, 4) is 0 Å². The molecule has 1 aromatic rings. The van der Waals surface area contributed by atoms with E-state index >= 15 is 0 Å². The van der Waals surface area contributed by atoms with Crippen molar-refractivity contribution in [2.75, 3.05) is 18.0 Å². The second-order valence-corrected chi connectivity index (χ2v) is 4.89. The van der Waals surface area contributed by atoms with Crippen molar-refractivity contribution in [3.63, 3.8) is 0 Å². The molecule has 1 N–H and O–H groups in total. The first-order valence-electron chi connectivity index (χ1n) is 5.02. The van der Waals surface area contributed by atoms with E-state index in [4.69, 9.17) is 0 Å². The molecule has 2 atom stereocenters. The Morgan fingerprint density at radius 1 is 1.64 bits per heavy atom. The second-order valence-electron chi connectivity index (χ2n) is 4.05. The Labute approximate surface area is 88.4 Å². The highest BCUT2D eigenvalue weighted by Gasteiger charge is 2.25. The Hall–Kier alpha value is -0.610. The molecule has 1 aromatic heterocycles. The average molecular weight is 212 g/mol. The van der Waals surface area contributed by atoms with Gasteiger partial charge >= 0.3 is 0 Å². The monoisotopic (exact) mass is 212 g/mol. The third-order valence-corrected chi connectivity index (χ3v) is 3.82. The molecule has 0 aromatic carbocycles. The number of rotatable bonds is 1. The highest BCUT2D eigenvalue weighted by Crippen LogP contribution is 2.25. The van der Waals surface area contributed by atoms with Crippen LogP contribution in [-0.2, 0) is 0 Å². The van der Waals surface area contributed by atoms with Gasteiger partial charge in [0.05, 0.1) is 11.8 Å². The quantitative estimate of drug-likeness (QED) is 0.769. The van der Waals surface area contributed by atoms with Crippen molar-refractivity contribution in [2.45, 2.75) is 26.4 Å². The Balaban J connectivity index is 2.06. The molecule has 14 heavy (non-hydrogen) atoms. The fourth-order valence-electron chi connectivity index (χ4n) is 1.71. The van der Waals surface area contributed by atoms with Gasteiger partial charge in [-0.2, -0.15) is 0 Å². The van der Waals surface area contributed by atoms with E-state index in [0.717, 1.165) is 30.3 Å². The highest BCUT2D eigenvalue weighted by molar-refractivity contribution is 7.13. The molecule has 0 aliphatic carbocycles. The molecule has 2 heterocycles. The Morgan fingerprint density at radius 2 is 2.43 bits per heavy atom. The Kier molecular flexibility index (Phi) is 2.74. The SMILES string of the molecule is Cc1csc(N2CCC(C)C(O)C2)n1. The van der Waals surface area contributed by atoms with Crippen molar-refractivity contribution in [2.24, 2.45) is 5.92 Å². The van der Waals surface area contributed by atoms with E-state index in [1.165, 1.54) is 0 Å². The lowest BCUT2D eigenvalue weighted by Crippen LogP contribution is -2.42. The number of aliphatic hydroxyl groups excluding tert-OH is 1. The number of nitrogens with zero attached hydrogens (tertiary/aromatic N) is 2. The van der Waals surface area contributed by atoms with Crippen LogP contribution in [0.2, 0.25) is 0 Å². The van der Waals surface area contributed by atoms with Gasteiger partial charge in [0.25, 0.3) is 0 Å². The van der Waals surface area contributed by atoms with Gasteiger partial charge in [0, 0.05) is 18.5 Å². The number of aromatic nitrogens is 1. The van der Waals surface area contributed by atoms with E-state index in [1.807, 2.05) is 6.92 Å². The molecule has 0 radical (unpaired) electrons. The standard InChI is InChI=1S/C10H16N2OS/c1-7-3-4-12(5-9(7)13)10-11-8(2)6-14-10/h6-7,9,13H,3-5H2,1-2H3. The maximum atomic E-state index is 9.75. The number of β-amino-alcohol motifs (C(OH)–C–C–N with tert-alkyl or cyclic N) is 1. The number of anilines is 1. The van der Waals surface area contributed by atoms with Crippen molar-refractivity contribution in [3.05, 3.63) is 11.1 Å². The zero-order valence-corrected chi connectivity index (χ0v) is 9.42. The van der Waals surface area contributed by atoms with Crippen LogP contribution >= 0.6 is 11.3 Å². The fraction of sp³-hybridized carbons (Fsp3) is 0.700. The molecule has 0 amide bonds. The molecule has 78 valence electrons. The number of aryl methyl sites for hydroxylation is 1. The number of thiazole rings is 1. The second kappa shape index (κ2) is 3.87. The maximum Gasteiger partial charge on any atom is 0.185 e. The molecular formula is C10H16N2OS. The van der Waals surface area contributed by atoms with Gasteiger partial charge in [0.2, 0.25) is 0 Å². The molecule has 1 aliphatic heterocycles. The largest absolute Gasteiger partial charge is 0.391 e. The molecule has 2 rings (SSSR count). The molecule has 4 heteroatoms. The fourth-order valence-corrected chi connectivity index (χ4v) is 2.55. The van der Waals surface area contributed by atoms with E-state index < -0.39 is 0 Å². The minimum Gasteiger partial charge on any atom is -0.391 e. The van der Waals surface area contributed by atoms with Gasteiger partial charge in [-0.25, -0.2) is 4.98 Å². The summed E-state index contributed by atoms with van der Waals surface area (Å²) in [7, 11) is 0. The summed E-state index contributed by atoms with van der Waals surface area (Å²) in [5.41, 5.74) is 1.07. The van der Waals surface area contributed by atoms with Gasteiger partial charge in [0.15, 0.2) is 5.13 Å². The molecular weight excluding hydrogens is 196 g/mol. The van der Waals surface area contributed by atoms with E-state index in [-0.39, 0.29) is 6.10 Å². The summed E-state index contributed by atoms with van der Waals surface area (Å²) in [4.78, 5) is 6.61. The summed E-state index contributed by atoms with van der Waals surface area (Å²) in [6.45, 7) is 5.86. The van der Waals surface area contributed by atoms with Crippen molar-refractivity contribution >= 4 is 16.5 Å². The van der Waals surface area contributed by atoms with Crippen LogP contribution in [0, 0.1) is 12.8 Å². The molecule has 2 unspecified atom stereocenters. The summed E-state index contributed by atoms with van der Waals surface area (Å²) in [5.74, 6) is 0.423. The molecule has 1 saturated heterocycles. The lowest BCUT2D eigenvalue weighted by Gasteiger charge is -2.33. The van der Waals surface area contributed by atoms with Crippen LogP contribution in [0.25, 0.3) is 0 Å². The van der Waals surface area contributed by atoms with Crippen LogP contribution < -0.4 is 4.90 Å². The Morgan fingerprint density at radius 3 is 3.00 bits per heavy atom. The number of aliphatic hydroxyl groups is 1. The molecule has 0 spiro atoms. The summed E-state index contributed by atoms with van der Waals surface area (Å²) in [5, 5.41) is 12.9. The zero-order valence-electron chi connectivity index (χ0n) is 8.60. The number of hydrogen-bond donors (Lipinski definition) is 1. The third-order valence-electron chi connectivity index (χ3n) is 2.80. The predicted octanol–water partition coefficient (Wildman–Crippen LogP) is 1.66. The molecule has 1 aliphatic rings. The normalized spacial score (nSPS) is 28.1. The zero-order chi connectivity index (χ0) is 10.1. The Bertz CT molecular complexity index is 313. The number of piperidine rings is 1. The van der Waals surface area contributed by atoms with Gasteiger partial charge < -0.3 is 10.0 Å². The van der Waals surface area contributed by atoms with Gasteiger partial charge in [0.1, 0.15) is 0 Å². The van der Waals surface area contributed by atoms with E-state index in [0.29, 0.717) is 5.92 Å². The van der Waals surface area contributed by atoms with E-state index in [1.54, 1.807) is 11.3 Å². The summed E-state index contributed by atoms with van der Waals surface area (Å²) < 4.78 is 0. The van der Waals surface area contributed by atoms with Gasteiger partial charge in [-0.15, -0.1) is 11.3 Å². The van der Waals surface area contributed by atoms with Crippen molar-refractivity contribution < 1.29 is 5.11 Å². The van der Waals surface area contributed by atoms with Crippen LogP contribution in [0.1, 0.15) is 19.0 Å². The average Bonchev–Trinajstić information content (AvgIpc) is 2.57. The minimum absolute atomic E-state index is 0.201. The van der Waals surface area contributed by atoms with Gasteiger partial charge in [-0.1, -0.05) is 6.92 Å². The van der Waals surface area contributed by atoms with Gasteiger partial charge in [-0.3, -0.25) is 0 Å². The van der Waals surface area contributed by atoms with Crippen LogP contribution in [0.3, 0.4) is 0 Å². The molecule has 1 fully saturated rings. The van der Waals surface area contributed by atoms with Crippen LogP contribution in [0.4, 0.5) is 5.13 Å². The van der Waals surface area contributed by atoms with Crippen LogP contribution in [0.5, 0.6) is 0 Å². The molecule has 0 saturated carbocycles. The van der Waals surface area contributed by atoms with Crippen LogP contribution in [0.15, 0.2) is 5.38 Å². The van der Waals surface area contributed by atoms with Crippen molar-refractivity contribution in [1.82, 2.24) is 4.98 Å². The lowest BCUT2D eigenvalue weighted by molar-refractivity contribution is 0.103. The minimum atomic E-state index is -0.201. The topological polar surface area (TPSA) is 36.4 Å². The highest BCUT2D eigenvalue weighted by atomic mass is 32.1. The predicted molar refractivity (Wildman–Crippen MR) is 58.9 cm³/mol. The first-order valence-corrected chi connectivity index (χ1v) is 5.90. The van der Waals surface area contributed by atoms with Crippen molar-refractivity contribution in [1.29, 1.82) is 0 Å². The number of hydrogen-bond acceptors (Lipinski definition) is 4.